The maximum Gasteiger partial charge on any atom is 0.187 e. The summed E-state index contributed by atoms with van der Waals surface area (Å²) in [5.41, 5.74) is 5.39. The van der Waals surface area contributed by atoms with Gasteiger partial charge in [0.15, 0.2) is 17.4 Å². The van der Waals surface area contributed by atoms with E-state index in [0.717, 1.165) is 6.07 Å². The highest BCUT2D eigenvalue weighted by Gasteiger charge is 2.22. The Morgan fingerprint density at radius 2 is 2.00 bits per heavy atom. The molecule has 0 aliphatic carbocycles. The van der Waals surface area contributed by atoms with Crippen LogP contribution in [0.15, 0.2) is 35.7 Å². The monoisotopic (exact) mass is 253 g/mol. The third-order valence-corrected chi connectivity index (χ3v) is 3.30. The van der Waals surface area contributed by atoms with Crippen molar-refractivity contribution in [2.24, 2.45) is 5.73 Å². The lowest BCUT2D eigenvalue weighted by atomic mass is 10.0. The molecule has 1 aromatic heterocycles. The van der Waals surface area contributed by atoms with Crippen molar-refractivity contribution in [3.63, 3.8) is 0 Å². The molecule has 0 bridgehead atoms. The zero-order chi connectivity index (χ0) is 12.4. The first kappa shape index (κ1) is 11.9. The smallest absolute Gasteiger partial charge is 0.187 e. The van der Waals surface area contributed by atoms with E-state index < -0.39 is 23.5 Å². The number of carbonyl (C=O) groups is 1. The van der Waals surface area contributed by atoms with Crippen molar-refractivity contribution < 1.29 is 13.6 Å². The number of benzene rings is 1. The van der Waals surface area contributed by atoms with Gasteiger partial charge in [0.2, 0.25) is 0 Å². The Bertz CT molecular complexity index is 539. The van der Waals surface area contributed by atoms with E-state index in [2.05, 4.69) is 0 Å². The predicted octanol–water partition coefficient (Wildman–Crippen LogP) is 2.91. The van der Waals surface area contributed by atoms with Crippen LogP contribution in [0.1, 0.15) is 21.3 Å². The Kier molecular flexibility index (Phi) is 3.31. The van der Waals surface area contributed by atoms with Gasteiger partial charge in [-0.3, -0.25) is 4.79 Å². The molecule has 0 amide bonds. The van der Waals surface area contributed by atoms with Crippen molar-refractivity contribution in [1.82, 2.24) is 0 Å². The zero-order valence-corrected chi connectivity index (χ0v) is 9.51. The maximum atomic E-state index is 13.4. The zero-order valence-electron chi connectivity index (χ0n) is 8.69. The minimum Gasteiger partial charge on any atom is -0.317 e. The predicted molar refractivity (Wildman–Crippen MR) is 61.9 cm³/mol. The summed E-state index contributed by atoms with van der Waals surface area (Å²) >= 11 is 1.30. The molecule has 0 aliphatic heterocycles. The van der Waals surface area contributed by atoms with Gasteiger partial charge < -0.3 is 5.73 Å². The molecule has 17 heavy (non-hydrogen) atoms. The SMILES string of the molecule is NC(C(=O)c1cccc(F)c1F)c1cccs1. The van der Waals surface area contributed by atoms with Crippen LogP contribution in [0.3, 0.4) is 0 Å². The molecular weight excluding hydrogens is 244 g/mol. The highest BCUT2D eigenvalue weighted by atomic mass is 32.1. The molecule has 88 valence electrons. The van der Waals surface area contributed by atoms with Gasteiger partial charge >= 0.3 is 0 Å². The van der Waals surface area contributed by atoms with E-state index in [1.807, 2.05) is 0 Å². The summed E-state index contributed by atoms with van der Waals surface area (Å²) in [6, 6.07) is 5.95. The van der Waals surface area contributed by atoms with E-state index in [0.29, 0.717) is 4.88 Å². The molecule has 0 aliphatic rings. The van der Waals surface area contributed by atoms with E-state index in [9.17, 15) is 13.6 Å². The summed E-state index contributed by atoms with van der Waals surface area (Å²) < 4.78 is 26.4. The van der Waals surface area contributed by atoms with E-state index >= 15 is 0 Å². The molecule has 0 saturated heterocycles. The highest BCUT2D eigenvalue weighted by molar-refractivity contribution is 7.10. The first-order chi connectivity index (χ1) is 8.11. The van der Waals surface area contributed by atoms with Crippen LogP contribution in [0.4, 0.5) is 8.78 Å². The third-order valence-electron chi connectivity index (χ3n) is 2.35. The van der Waals surface area contributed by atoms with Gasteiger partial charge in [-0.15, -0.1) is 11.3 Å². The number of halogens is 2. The van der Waals surface area contributed by atoms with Gasteiger partial charge in [0.05, 0.1) is 5.56 Å². The first-order valence-corrected chi connectivity index (χ1v) is 5.76. The summed E-state index contributed by atoms with van der Waals surface area (Å²) in [4.78, 5) is 12.5. The molecule has 2 N–H and O–H groups in total. The Hall–Kier alpha value is -1.59. The number of hydrogen-bond donors (Lipinski definition) is 1. The molecule has 0 radical (unpaired) electrons. The number of ketones is 1. The molecule has 0 saturated carbocycles. The van der Waals surface area contributed by atoms with Gasteiger partial charge in [0.1, 0.15) is 6.04 Å². The van der Waals surface area contributed by atoms with Crippen molar-refractivity contribution in [3.05, 3.63) is 57.8 Å². The molecule has 1 unspecified atom stereocenters. The summed E-state index contributed by atoms with van der Waals surface area (Å²) in [6.07, 6.45) is 0. The van der Waals surface area contributed by atoms with Crippen LogP contribution in [0.5, 0.6) is 0 Å². The van der Waals surface area contributed by atoms with Crippen LogP contribution in [0.25, 0.3) is 0 Å². The first-order valence-electron chi connectivity index (χ1n) is 4.88. The maximum absolute atomic E-state index is 13.4. The molecule has 2 aromatic rings. The van der Waals surface area contributed by atoms with Crippen LogP contribution < -0.4 is 5.73 Å². The molecule has 5 heteroatoms. The summed E-state index contributed by atoms with van der Waals surface area (Å²) in [5, 5.41) is 1.77. The number of hydrogen-bond acceptors (Lipinski definition) is 3. The van der Waals surface area contributed by atoms with Crippen molar-refractivity contribution >= 4 is 17.1 Å². The van der Waals surface area contributed by atoms with Gasteiger partial charge in [0, 0.05) is 4.88 Å². The molecule has 1 atom stereocenters. The fourth-order valence-corrected chi connectivity index (χ4v) is 2.18. The lowest BCUT2D eigenvalue weighted by molar-refractivity contribution is 0.0957. The fraction of sp³-hybridized carbons (Fsp3) is 0.0833. The summed E-state index contributed by atoms with van der Waals surface area (Å²) in [7, 11) is 0. The van der Waals surface area contributed by atoms with E-state index in [-0.39, 0.29) is 5.56 Å². The minimum atomic E-state index is -1.15. The van der Waals surface area contributed by atoms with Gasteiger partial charge in [-0.1, -0.05) is 12.1 Å². The lowest BCUT2D eigenvalue weighted by Crippen LogP contribution is -2.21. The standard InChI is InChI=1S/C12H9F2NOS/c13-8-4-1-3-7(10(8)14)12(16)11(15)9-5-2-6-17-9/h1-6,11H,15H2. The van der Waals surface area contributed by atoms with Crippen LogP contribution in [-0.2, 0) is 0 Å². The number of thiophene rings is 1. The van der Waals surface area contributed by atoms with Gasteiger partial charge in [-0.2, -0.15) is 0 Å². The second-order valence-corrected chi connectivity index (χ2v) is 4.44. The Morgan fingerprint density at radius 3 is 2.65 bits per heavy atom. The number of Topliss-reactive ketones (excluding diaryl/α,β-unsaturated/α-hetero) is 1. The van der Waals surface area contributed by atoms with Crippen LogP contribution in [0, 0.1) is 11.6 Å². The third kappa shape index (κ3) is 2.25. The molecule has 2 rings (SSSR count). The Labute approximate surface area is 101 Å². The molecule has 1 heterocycles. The molecule has 0 spiro atoms. The average Bonchev–Trinajstić information content (AvgIpc) is 2.84. The van der Waals surface area contributed by atoms with E-state index in [4.69, 9.17) is 5.73 Å². The van der Waals surface area contributed by atoms with Crippen molar-refractivity contribution in [3.8, 4) is 0 Å². The van der Waals surface area contributed by atoms with Gasteiger partial charge in [-0.25, -0.2) is 8.78 Å². The highest BCUT2D eigenvalue weighted by Crippen LogP contribution is 2.22. The number of carbonyl (C=O) groups excluding carboxylic acids is 1. The largest absolute Gasteiger partial charge is 0.317 e. The van der Waals surface area contributed by atoms with Crippen molar-refractivity contribution in [2.45, 2.75) is 6.04 Å². The minimum absolute atomic E-state index is 0.314. The Balaban J connectivity index is 2.35. The lowest BCUT2D eigenvalue weighted by Gasteiger charge is -2.09. The van der Waals surface area contributed by atoms with Gasteiger partial charge in [-0.05, 0) is 23.6 Å². The number of rotatable bonds is 3. The second kappa shape index (κ2) is 4.73. The Morgan fingerprint density at radius 1 is 1.24 bits per heavy atom. The fourth-order valence-electron chi connectivity index (χ4n) is 1.46. The van der Waals surface area contributed by atoms with Crippen LogP contribution in [-0.4, -0.2) is 5.78 Å². The van der Waals surface area contributed by atoms with Crippen molar-refractivity contribution in [1.29, 1.82) is 0 Å². The molecule has 0 fully saturated rings. The van der Waals surface area contributed by atoms with Crippen molar-refractivity contribution in [2.75, 3.05) is 0 Å². The van der Waals surface area contributed by atoms with E-state index in [1.54, 1.807) is 17.5 Å². The topological polar surface area (TPSA) is 43.1 Å². The van der Waals surface area contributed by atoms with Crippen LogP contribution in [0.2, 0.25) is 0 Å². The number of nitrogens with two attached hydrogens (primary N) is 1. The molecule has 1 aromatic carbocycles. The van der Waals surface area contributed by atoms with Crippen LogP contribution >= 0.6 is 11.3 Å². The molecule has 2 nitrogen and oxygen atoms in total. The van der Waals surface area contributed by atoms with E-state index in [1.165, 1.54) is 23.5 Å². The summed E-state index contributed by atoms with van der Waals surface area (Å²) in [6.45, 7) is 0. The average molecular weight is 253 g/mol. The summed E-state index contributed by atoms with van der Waals surface area (Å²) in [5.74, 6) is -2.82. The second-order valence-electron chi connectivity index (χ2n) is 3.46. The molecular formula is C12H9F2NOS. The van der Waals surface area contributed by atoms with Gasteiger partial charge in [0.25, 0.3) is 0 Å². The normalized spacial score (nSPS) is 12.4. The quantitative estimate of drug-likeness (QED) is 0.855.